The summed E-state index contributed by atoms with van der Waals surface area (Å²) in [7, 11) is 0. The monoisotopic (exact) mass is 299 g/mol. The minimum Gasteiger partial charge on any atom is -0.345 e. The Kier molecular flexibility index (Phi) is 5.08. The summed E-state index contributed by atoms with van der Waals surface area (Å²) in [5.74, 6) is -0.264. The predicted molar refractivity (Wildman–Crippen MR) is 77.9 cm³/mol. The number of rotatable bonds is 5. The average molecular weight is 300 g/mol. The Balaban J connectivity index is 3.02. The Morgan fingerprint density at radius 2 is 2.15 bits per heavy atom. The molecule has 0 bridgehead atoms. The van der Waals surface area contributed by atoms with Crippen LogP contribution in [-0.2, 0) is 0 Å². The number of amides is 1. The van der Waals surface area contributed by atoms with E-state index in [9.17, 15) is 14.9 Å². The predicted octanol–water partition coefficient (Wildman–Crippen LogP) is 2.35. The van der Waals surface area contributed by atoms with Gasteiger partial charge in [0.2, 0.25) is 0 Å². The normalized spacial score (nSPS) is 13.9. The molecule has 1 unspecified atom stereocenters. The molecule has 1 rings (SSSR count). The van der Waals surface area contributed by atoms with Gasteiger partial charge in [0.15, 0.2) is 0 Å². The number of halogens is 1. The summed E-state index contributed by atoms with van der Waals surface area (Å²) < 4.78 is 0. The number of benzene rings is 1. The molecular formula is C13H18ClN3O3. The zero-order chi connectivity index (χ0) is 15.5. The summed E-state index contributed by atoms with van der Waals surface area (Å²) in [6.07, 6.45) is 0. The molecule has 1 aromatic rings. The molecule has 0 saturated carbocycles. The SMILES string of the molecule is CC(C)C(C)(CN)NC(=O)c1ccc([N+](=O)[O-])cc1Cl. The molecule has 6 nitrogen and oxygen atoms in total. The Morgan fingerprint density at radius 3 is 2.55 bits per heavy atom. The van der Waals surface area contributed by atoms with E-state index in [1.165, 1.54) is 12.1 Å². The van der Waals surface area contributed by atoms with Gasteiger partial charge in [-0.25, -0.2) is 0 Å². The van der Waals surface area contributed by atoms with Crippen LogP contribution in [0.4, 0.5) is 5.69 Å². The third-order valence-electron chi connectivity index (χ3n) is 3.51. The van der Waals surface area contributed by atoms with Crippen molar-refractivity contribution in [2.24, 2.45) is 11.7 Å². The van der Waals surface area contributed by atoms with Crippen molar-refractivity contribution < 1.29 is 9.72 Å². The summed E-state index contributed by atoms with van der Waals surface area (Å²) >= 11 is 5.92. The highest BCUT2D eigenvalue weighted by molar-refractivity contribution is 6.34. The van der Waals surface area contributed by atoms with Gasteiger partial charge in [-0.15, -0.1) is 0 Å². The van der Waals surface area contributed by atoms with Gasteiger partial charge in [0.25, 0.3) is 11.6 Å². The van der Waals surface area contributed by atoms with E-state index in [-0.39, 0.29) is 28.7 Å². The molecule has 7 heteroatoms. The standard InChI is InChI=1S/C13H18ClN3O3/c1-8(2)13(3,7-15)16-12(18)10-5-4-9(17(19)20)6-11(10)14/h4-6,8H,7,15H2,1-3H3,(H,16,18). The third kappa shape index (κ3) is 3.46. The van der Waals surface area contributed by atoms with Crippen molar-refractivity contribution in [2.75, 3.05) is 6.54 Å². The second-order valence-electron chi connectivity index (χ2n) is 5.15. The zero-order valence-corrected chi connectivity index (χ0v) is 12.4. The van der Waals surface area contributed by atoms with E-state index in [1.54, 1.807) is 0 Å². The van der Waals surface area contributed by atoms with Crippen LogP contribution in [0.5, 0.6) is 0 Å². The lowest BCUT2D eigenvalue weighted by atomic mass is 9.88. The molecule has 0 fully saturated rings. The number of non-ortho nitro benzene ring substituents is 1. The lowest BCUT2D eigenvalue weighted by Crippen LogP contribution is -2.55. The van der Waals surface area contributed by atoms with Gasteiger partial charge in [0, 0.05) is 18.7 Å². The van der Waals surface area contributed by atoms with E-state index < -0.39 is 16.4 Å². The number of carbonyl (C=O) groups is 1. The van der Waals surface area contributed by atoms with Gasteiger partial charge in [0.05, 0.1) is 21.0 Å². The van der Waals surface area contributed by atoms with Gasteiger partial charge in [-0.05, 0) is 18.9 Å². The van der Waals surface area contributed by atoms with Crippen molar-refractivity contribution in [1.82, 2.24) is 5.32 Å². The van der Waals surface area contributed by atoms with Crippen LogP contribution in [-0.4, -0.2) is 22.9 Å². The number of hydrogen-bond donors (Lipinski definition) is 2. The summed E-state index contributed by atoms with van der Waals surface area (Å²) in [5, 5.41) is 13.5. The molecule has 1 aromatic carbocycles. The summed E-state index contributed by atoms with van der Waals surface area (Å²) in [6.45, 7) is 6.02. The maximum Gasteiger partial charge on any atom is 0.270 e. The molecule has 1 atom stereocenters. The first-order chi connectivity index (χ1) is 9.21. The second kappa shape index (κ2) is 6.19. The maximum atomic E-state index is 12.2. The van der Waals surface area contributed by atoms with Gasteiger partial charge in [-0.3, -0.25) is 14.9 Å². The van der Waals surface area contributed by atoms with Crippen molar-refractivity contribution in [3.8, 4) is 0 Å². The van der Waals surface area contributed by atoms with Gasteiger partial charge < -0.3 is 11.1 Å². The average Bonchev–Trinajstić information content (AvgIpc) is 2.37. The molecule has 0 radical (unpaired) electrons. The fraction of sp³-hybridized carbons (Fsp3) is 0.462. The zero-order valence-electron chi connectivity index (χ0n) is 11.6. The molecular weight excluding hydrogens is 282 g/mol. The van der Waals surface area contributed by atoms with Crippen LogP contribution in [0.2, 0.25) is 5.02 Å². The van der Waals surface area contributed by atoms with Crippen molar-refractivity contribution in [3.63, 3.8) is 0 Å². The molecule has 110 valence electrons. The number of nitrogens with one attached hydrogen (secondary N) is 1. The first-order valence-electron chi connectivity index (χ1n) is 6.18. The molecule has 0 aliphatic heterocycles. The largest absolute Gasteiger partial charge is 0.345 e. The Bertz CT molecular complexity index is 534. The minimum atomic E-state index is -0.567. The highest BCUT2D eigenvalue weighted by Gasteiger charge is 2.29. The summed E-state index contributed by atoms with van der Waals surface area (Å²) in [5.41, 5.74) is 5.17. The lowest BCUT2D eigenvalue weighted by molar-refractivity contribution is -0.384. The van der Waals surface area contributed by atoms with Crippen LogP contribution >= 0.6 is 11.6 Å². The minimum absolute atomic E-state index is 0.0415. The molecule has 20 heavy (non-hydrogen) atoms. The van der Waals surface area contributed by atoms with Crippen LogP contribution in [0.15, 0.2) is 18.2 Å². The van der Waals surface area contributed by atoms with E-state index >= 15 is 0 Å². The highest BCUT2D eigenvalue weighted by atomic mass is 35.5. The quantitative estimate of drug-likeness (QED) is 0.644. The fourth-order valence-electron chi connectivity index (χ4n) is 1.56. The number of nitro benzene ring substituents is 1. The van der Waals surface area contributed by atoms with Crippen LogP contribution < -0.4 is 11.1 Å². The number of nitrogens with two attached hydrogens (primary N) is 1. The Hall–Kier alpha value is -1.66. The number of nitrogens with zero attached hydrogens (tertiary/aromatic N) is 1. The maximum absolute atomic E-state index is 12.2. The van der Waals surface area contributed by atoms with Crippen molar-refractivity contribution >= 4 is 23.2 Å². The van der Waals surface area contributed by atoms with Gasteiger partial charge >= 0.3 is 0 Å². The Labute approximate surface area is 122 Å². The topological polar surface area (TPSA) is 98.3 Å². The highest BCUT2D eigenvalue weighted by Crippen LogP contribution is 2.24. The second-order valence-corrected chi connectivity index (χ2v) is 5.56. The number of carbonyl (C=O) groups excluding carboxylic acids is 1. The third-order valence-corrected chi connectivity index (χ3v) is 3.82. The molecule has 1 amide bonds. The van der Waals surface area contributed by atoms with Crippen LogP contribution in [0.3, 0.4) is 0 Å². The first kappa shape index (κ1) is 16.4. The number of hydrogen-bond acceptors (Lipinski definition) is 4. The first-order valence-corrected chi connectivity index (χ1v) is 6.55. The number of nitro groups is 1. The molecule has 0 saturated heterocycles. The molecule has 0 aliphatic carbocycles. The van der Waals surface area contributed by atoms with E-state index in [4.69, 9.17) is 17.3 Å². The molecule has 0 aliphatic rings. The van der Waals surface area contributed by atoms with E-state index in [0.717, 1.165) is 6.07 Å². The molecule has 0 spiro atoms. The fourth-order valence-corrected chi connectivity index (χ4v) is 1.82. The summed E-state index contributed by atoms with van der Waals surface area (Å²) in [4.78, 5) is 22.3. The van der Waals surface area contributed by atoms with E-state index in [2.05, 4.69) is 5.32 Å². The van der Waals surface area contributed by atoms with Crippen molar-refractivity contribution in [1.29, 1.82) is 0 Å². The van der Waals surface area contributed by atoms with Crippen LogP contribution in [0, 0.1) is 16.0 Å². The van der Waals surface area contributed by atoms with E-state index in [0.29, 0.717) is 0 Å². The van der Waals surface area contributed by atoms with Crippen molar-refractivity contribution in [2.45, 2.75) is 26.3 Å². The van der Waals surface area contributed by atoms with Crippen molar-refractivity contribution in [3.05, 3.63) is 38.9 Å². The van der Waals surface area contributed by atoms with Crippen LogP contribution in [0.1, 0.15) is 31.1 Å². The smallest absolute Gasteiger partial charge is 0.270 e. The molecule has 3 N–H and O–H groups in total. The summed E-state index contributed by atoms with van der Waals surface area (Å²) in [6, 6.07) is 3.74. The van der Waals surface area contributed by atoms with Gasteiger partial charge in [0.1, 0.15) is 0 Å². The van der Waals surface area contributed by atoms with E-state index in [1.807, 2.05) is 20.8 Å². The molecule has 0 aromatic heterocycles. The molecule has 0 heterocycles. The van der Waals surface area contributed by atoms with Gasteiger partial charge in [-0.2, -0.15) is 0 Å². The lowest BCUT2D eigenvalue weighted by Gasteiger charge is -2.33. The van der Waals surface area contributed by atoms with Gasteiger partial charge in [-0.1, -0.05) is 25.4 Å². The van der Waals surface area contributed by atoms with Crippen LogP contribution in [0.25, 0.3) is 0 Å². The Morgan fingerprint density at radius 1 is 1.55 bits per heavy atom.